The van der Waals surface area contributed by atoms with E-state index in [1.807, 2.05) is 0 Å². The lowest BCUT2D eigenvalue weighted by Crippen LogP contribution is -2.47. The highest BCUT2D eigenvalue weighted by Gasteiger charge is 2.57. The first-order chi connectivity index (χ1) is 7.54. The highest BCUT2D eigenvalue weighted by molar-refractivity contribution is 5.82. The van der Waals surface area contributed by atoms with Crippen molar-refractivity contribution in [1.82, 2.24) is 0 Å². The zero-order valence-corrected chi connectivity index (χ0v) is 10.1. The van der Waals surface area contributed by atoms with Gasteiger partial charge in [-0.05, 0) is 17.3 Å². The Labute approximate surface area is 96.5 Å². The minimum atomic E-state index is -0.353. The molecule has 3 heteroatoms. The number of ketones is 1. The standard InChI is InChI=1S/C13H20O3/c1-9-6-13(15-3-4-16-13)7-10-5-11(14)8-12(9,10)2/h9-10H,3-8H2,1-2H3/t9-,10-,12+/m1/s1. The third kappa shape index (κ3) is 1.37. The fourth-order valence-corrected chi connectivity index (χ4v) is 3.92. The molecule has 3 atom stereocenters. The maximum absolute atomic E-state index is 11.7. The summed E-state index contributed by atoms with van der Waals surface area (Å²) in [6.45, 7) is 5.95. The van der Waals surface area contributed by atoms with Crippen LogP contribution in [0.2, 0.25) is 0 Å². The van der Waals surface area contributed by atoms with Gasteiger partial charge in [0.25, 0.3) is 0 Å². The number of carbonyl (C=O) groups is 1. The van der Waals surface area contributed by atoms with E-state index in [4.69, 9.17) is 9.47 Å². The molecule has 90 valence electrons. The van der Waals surface area contributed by atoms with Gasteiger partial charge in [0.2, 0.25) is 0 Å². The van der Waals surface area contributed by atoms with Crippen molar-refractivity contribution in [3.05, 3.63) is 0 Å². The molecule has 0 unspecified atom stereocenters. The first-order valence-corrected chi connectivity index (χ1v) is 6.34. The van der Waals surface area contributed by atoms with Crippen LogP contribution in [0.3, 0.4) is 0 Å². The van der Waals surface area contributed by atoms with Crippen LogP contribution in [0.4, 0.5) is 0 Å². The minimum Gasteiger partial charge on any atom is -0.348 e. The van der Waals surface area contributed by atoms with Crippen LogP contribution in [0.15, 0.2) is 0 Å². The molecule has 0 aromatic rings. The molecule has 1 spiro atoms. The summed E-state index contributed by atoms with van der Waals surface area (Å²) in [6, 6.07) is 0. The number of rotatable bonds is 0. The molecule has 0 bridgehead atoms. The lowest BCUT2D eigenvalue weighted by Gasteiger charge is -2.48. The molecule has 0 radical (unpaired) electrons. The second kappa shape index (κ2) is 3.30. The summed E-state index contributed by atoms with van der Waals surface area (Å²) in [7, 11) is 0. The maximum atomic E-state index is 11.7. The minimum absolute atomic E-state index is 0.192. The van der Waals surface area contributed by atoms with E-state index in [1.165, 1.54) is 0 Å². The molecule has 3 nitrogen and oxygen atoms in total. The van der Waals surface area contributed by atoms with E-state index in [1.54, 1.807) is 0 Å². The van der Waals surface area contributed by atoms with Gasteiger partial charge in [-0.2, -0.15) is 0 Å². The fraction of sp³-hybridized carbons (Fsp3) is 0.923. The van der Waals surface area contributed by atoms with E-state index >= 15 is 0 Å². The Hall–Kier alpha value is -0.410. The van der Waals surface area contributed by atoms with Crippen molar-refractivity contribution < 1.29 is 14.3 Å². The number of ether oxygens (including phenoxy) is 2. The van der Waals surface area contributed by atoms with Crippen molar-refractivity contribution in [3.63, 3.8) is 0 Å². The van der Waals surface area contributed by atoms with Gasteiger partial charge in [0.1, 0.15) is 5.78 Å². The average molecular weight is 224 g/mol. The van der Waals surface area contributed by atoms with Crippen LogP contribution in [0.5, 0.6) is 0 Å². The number of hydrogen-bond acceptors (Lipinski definition) is 3. The van der Waals surface area contributed by atoms with Crippen molar-refractivity contribution in [3.8, 4) is 0 Å². The lowest BCUT2D eigenvalue weighted by molar-refractivity contribution is -0.216. The smallest absolute Gasteiger partial charge is 0.169 e. The van der Waals surface area contributed by atoms with Crippen molar-refractivity contribution >= 4 is 5.78 Å². The Kier molecular flexibility index (Phi) is 2.21. The number of fused-ring (bicyclic) bond motifs is 1. The van der Waals surface area contributed by atoms with E-state index in [0.29, 0.717) is 30.8 Å². The predicted molar refractivity (Wildman–Crippen MR) is 58.9 cm³/mol. The van der Waals surface area contributed by atoms with Gasteiger partial charge in [0.15, 0.2) is 5.79 Å². The molecular weight excluding hydrogens is 204 g/mol. The third-order valence-electron chi connectivity index (χ3n) is 5.10. The van der Waals surface area contributed by atoms with Crippen molar-refractivity contribution in [2.24, 2.45) is 17.3 Å². The van der Waals surface area contributed by atoms with Gasteiger partial charge in [0.05, 0.1) is 13.2 Å². The van der Waals surface area contributed by atoms with Gasteiger partial charge in [-0.3, -0.25) is 4.79 Å². The molecule has 1 heterocycles. The van der Waals surface area contributed by atoms with Gasteiger partial charge >= 0.3 is 0 Å². The first-order valence-electron chi connectivity index (χ1n) is 6.34. The molecule has 0 aromatic carbocycles. The number of carbonyl (C=O) groups excluding carboxylic acids is 1. The normalized spacial score (nSPS) is 46.2. The molecule has 3 rings (SSSR count). The Morgan fingerprint density at radius 2 is 1.94 bits per heavy atom. The summed E-state index contributed by atoms with van der Waals surface area (Å²) in [6.07, 6.45) is 3.36. The molecule has 0 aromatic heterocycles. The Morgan fingerprint density at radius 1 is 1.25 bits per heavy atom. The molecule has 2 aliphatic carbocycles. The summed E-state index contributed by atoms with van der Waals surface area (Å²) >= 11 is 0. The van der Waals surface area contributed by atoms with Crippen molar-refractivity contribution in [2.75, 3.05) is 13.2 Å². The molecule has 1 saturated heterocycles. The summed E-state index contributed by atoms with van der Waals surface area (Å²) in [5.41, 5.74) is 0.192. The van der Waals surface area contributed by atoms with Crippen LogP contribution in [-0.4, -0.2) is 24.8 Å². The number of Topliss-reactive ketones (excluding diaryl/α,β-unsaturated/α-hetero) is 1. The largest absolute Gasteiger partial charge is 0.348 e. The predicted octanol–water partition coefficient (Wildman–Crippen LogP) is 2.14. The molecule has 0 amide bonds. The van der Waals surface area contributed by atoms with E-state index in [-0.39, 0.29) is 11.2 Å². The van der Waals surface area contributed by atoms with E-state index in [0.717, 1.165) is 25.7 Å². The first kappa shape index (κ1) is 10.7. The van der Waals surface area contributed by atoms with E-state index in [9.17, 15) is 4.79 Å². The van der Waals surface area contributed by atoms with Gasteiger partial charge in [-0.25, -0.2) is 0 Å². The van der Waals surface area contributed by atoms with Crippen molar-refractivity contribution in [2.45, 2.75) is 45.3 Å². The lowest BCUT2D eigenvalue weighted by atomic mass is 9.61. The van der Waals surface area contributed by atoms with Crippen LogP contribution in [-0.2, 0) is 14.3 Å². The van der Waals surface area contributed by atoms with Gasteiger partial charge in [0, 0.05) is 25.7 Å². The fourth-order valence-electron chi connectivity index (χ4n) is 3.92. The molecule has 3 aliphatic rings. The molecule has 1 aliphatic heterocycles. The highest BCUT2D eigenvalue weighted by Crippen LogP contribution is 2.57. The number of hydrogen-bond donors (Lipinski definition) is 0. The topological polar surface area (TPSA) is 35.5 Å². The van der Waals surface area contributed by atoms with Gasteiger partial charge in [-0.15, -0.1) is 0 Å². The molecular formula is C13H20O3. The third-order valence-corrected chi connectivity index (χ3v) is 5.10. The quantitative estimate of drug-likeness (QED) is 0.632. The SMILES string of the molecule is C[C@@H]1CC2(C[C@H]3CC(=O)C[C@]31C)OCCO2. The van der Waals surface area contributed by atoms with Crippen LogP contribution in [0, 0.1) is 17.3 Å². The zero-order valence-electron chi connectivity index (χ0n) is 10.1. The molecule has 0 N–H and O–H groups in total. The van der Waals surface area contributed by atoms with Gasteiger partial charge < -0.3 is 9.47 Å². The average Bonchev–Trinajstić information content (AvgIpc) is 2.73. The Bertz CT molecular complexity index is 319. The Balaban J connectivity index is 1.88. The Morgan fingerprint density at radius 3 is 2.62 bits per heavy atom. The van der Waals surface area contributed by atoms with Crippen molar-refractivity contribution in [1.29, 1.82) is 0 Å². The zero-order chi connectivity index (χ0) is 11.4. The second-order valence-corrected chi connectivity index (χ2v) is 6.04. The van der Waals surface area contributed by atoms with Crippen LogP contribution < -0.4 is 0 Å². The van der Waals surface area contributed by atoms with Crippen LogP contribution in [0.1, 0.15) is 39.5 Å². The summed E-state index contributed by atoms with van der Waals surface area (Å²) < 4.78 is 11.6. The second-order valence-electron chi connectivity index (χ2n) is 6.04. The van der Waals surface area contributed by atoms with E-state index in [2.05, 4.69) is 13.8 Å². The summed E-state index contributed by atoms with van der Waals surface area (Å²) in [4.78, 5) is 11.7. The highest BCUT2D eigenvalue weighted by atomic mass is 16.7. The van der Waals surface area contributed by atoms with E-state index < -0.39 is 0 Å². The molecule has 2 saturated carbocycles. The van der Waals surface area contributed by atoms with Crippen LogP contribution >= 0.6 is 0 Å². The summed E-state index contributed by atoms with van der Waals surface area (Å²) in [5, 5.41) is 0. The van der Waals surface area contributed by atoms with Gasteiger partial charge in [-0.1, -0.05) is 13.8 Å². The van der Waals surface area contributed by atoms with Crippen LogP contribution in [0.25, 0.3) is 0 Å². The maximum Gasteiger partial charge on any atom is 0.169 e. The molecule has 16 heavy (non-hydrogen) atoms. The molecule has 3 fully saturated rings. The monoisotopic (exact) mass is 224 g/mol. The summed E-state index contributed by atoms with van der Waals surface area (Å²) in [5.74, 6) is 1.04.